The molecular formula is C15H17N3O7. The number of esters is 1. The molecule has 0 aliphatic carbocycles. The van der Waals surface area contributed by atoms with E-state index in [1.807, 2.05) is 0 Å². The van der Waals surface area contributed by atoms with Crippen molar-refractivity contribution >= 4 is 17.7 Å². The maximum atomic E-state index is 12.3. The average molecular weight is 351 g/mol. The predicted octanol–water partition coefficient (Wildman–Crippen LogP) is 1.50. The van der Waals surface area contributed by atoms with E-state index in [1.165, 1.54) is 20.1 Å². The number of nitro groups is 1. The van der Waals surface area contributed by atoms with Gasteiger partial charge in [0.05, 0.1) is 30.3 Å². The number of aromatic hydroxyl groups is 1. The summed E-state index contributed by atoms with van der Waals surface area (Å²) in [6, 6.07) is 0.803. The van der Waals surface area contributed by atoms with Crippen LogP contribution in [0.1, 0.15) is 25.5 Å². The van der Waals surface area contributed by atoms with Gasteiger partial charge in [-0.05, 0) is 25.5 Å². The van der Waals surface area contributed by atoms with E-state index >= 15 is 0 Å². The Morgan fingerprint density at radius 3 is 2.68 bits per heavy atom. The second kappa shape index (κ2) is 7.07. The van der Waals surface area contributed by atoms with Crippen LogP contribution in [0.15, 0.2) is 23.4 Å². The van der Waals surface area contributed by atoms with Crippen molar-refractivity contribution < 1.29 is 29.1 Å². The summed E-state index contributed by atoms with van der Waals surface area (Å²) in [6.45, 7) is 3.27. The lowest BCUT2D eigenvalue weighted by atomic mass is 9.94. The van der Waals surface area contributed by atoms with Gasteiger partial charge in [0.15, 0.2) is 5.75 Å². The number of nitrogens with one attached hydrogen (secondary N) is 2. The van der Waals surface area contributed by atoms with Crippen molar-refractivity contribution in [1.82, 2.24) is 10.6 Å². The molecule has 0 bridgehead atoms. The predicted molar refractivity (Wildman–Crippen MR) is 85.1 cm³/mol. The highest BCUT2D eigenvalue weighted by molar-refractivity contribution is 5.95. The number of benzene rings is 1. The molecule has 1 aromatic rings. The number of phenols is 1. The molecule has 0 radical (unpaired) electrons. The number of hydrogen-bond donors (Lipinski definition) is 3. The van der Waals surface area contributed by atoms with Gasteiger partial charge in [0, 0.05) is 11.8 Å². The second-order valence-electron chi connectivity index (χ2n) is 5.14. The molecular weight excluding hydrogens is 334 g/mol. The largest absolute Gasteiger partial charge is 0.500 e. The Labute approximate surface area is 142 Å². The minimum Gasteiger partial charge on any atom is -0.500 e. The van der Waals surface area contributed by atoms with Gasteiger partial charge in [-0.1, -0.05) is 0 Å². The first-order valence-electron chi connectivity index (χ1n) is 7.30. The number of hydrogen-bond acceptors (Lipinski definition) is 7. The highest BCUT2D eigenvalue weighted by atomic mass is 16.6. The topological polar surface area (TPSA) is 140 Å². The Balaban J connectivity index is 2.62. The summed E-state index contributed by atoms with van der Waals surface area (Å²) in [5.41, 5.74) is -0.0491. The molecule has 0 aromatic heterocycles. The maximum absolute atomic E-state index is 12.3. The van der Waals surface area contributed by atoms with Gasteiger partial charge in [-0.15, -0.1) is 0 Å². The zero-order valence-electron chi connectivity index (χ0n) is 13.8. The van der Waals surface area contributed by atoms with Crippen molar-refractivity contribution in [2.75, 3.05) is 13.7 Å². The van der Waals surface area contributed by atoms with Crippen LogP contribution in [0.2, 0.25) is 0 Å². The van der Waals surface area contributed by atoms with Gasteiger partial charge in [-0.25, -0.2) is 9.59 Å². The van der Waals surface area contributed by atoms with Gasteiger partial charge in [0.2, 0.25) is 5.75 Å². The number of allylic oxidation sites excluding steroid dienone is 1. The van der Waals surface area contributed by atoms with Crippen molar-refractivity contribution in [3.8, 4) is 11.5 Å². The molecule has 0 spiro atoms. The van der Waals surface area contributed by atoms with E-state index < -0.39 is 34.4 Å². The van der Waals surface area contributed by atoms with E-state index in [0.29, 0.717) is 0 Å². The number of carbonyl (C=O) groups excluding carboxylic acids is 2. The third kappa shape index (κ3) is 3.47. The summed E-state index contributed by atoms with van der Waals surface area (Å²) >= 11 is 0. The molecule has 0 saturated heterocycles. The number of amides is 2. The number of ether oxygens (including phenoxy) is 2. The van der Waals surface area contributed by atoms with Gasteiger partial charge < -0.3 is 25.2 Å². The Morgan fingerprint density at radius 1 is 1.44 bits per heavy atom. The smallest absolute Gasteiger partial charge is 0.338 e. The van der Waals surface area contributed by atoms with Crippen LogP contribution in [0.4, 0.5) is 10.5 Å². The fraction of sp³-hybridized carbons (Fsp3) is 0.333. The quantitative estimate of drug-likeness (QED) is 0.415. The van der Waals surface area contributed by atoms with Crippen LogP contribution in [0.5, 0.6) is 11.5 Å². The summed E-state index contributed by atoms with van der Waals surface area (Å²) in [5.74, 6) is -1.47. The number of methoxy groups -OCH3 is 1. The first-order chi connectivity index (χ1) is 11.8. The molecule has 134 valence electrons. The molecule has 1 atom stereocenters. The second-order valence-corrected chi connectivity index (χ2v) is 5.14. The SMILES string of the molecule is CCOC(=O)C1=C(C)NC(=O)NC1c1cc(OC)c(O)c([N+](=O)[O-])c1. The van der Waals surface area contributed by atoms with Crippen LogP contribution in [0, 0.1) is 10.1 Å². The standard InChI is InChI=1S/C15H17N3O7/c1-4-25-14(20)11-7(2)16-15(21)17-12(11)8-5-9(18(22)23)13(19)10(6-8)24-3/h5-6,12,19H,4H2,1-3H3,(H2,16,17,21). The lowest BCUT2D eigenvalue weighted by Crippen LogP contribution is -2.45. The molecule has 0 fully saturated rings. The van der Waals surface area contributed by atoms with Gasteiger partial charge in [0.1, 0.15) is 0 Å². The zero-order valence-corrected chi connectivity index (χ0v) is 13.8. The third-order valence-electron chi connectivity index (χ3n) is 3.59. The summed E-state index contributed by atoms with van der Waals surface area (Å²) in [4.78, 5) is 34.4. The number of nitro benzene ring substituents is 1. The number of nitrogens with zero attached hydrogens (tertiary/aromatic N) is 1. The molecule has 1 aromatic carbocycles. The molecule has 1 aliphatic heterocycles. The fourth-order valence-corrected chi connectivity index (χ4v) is 2.50. The first-order valence-corrected chi connectivity index (χ1v) is 7.30. The van der Waals surface area contributed by atoms with Crippen molar-refractivity contribution in [2.24, 2.45) is 0 Å². The first kappa shape index (κ1) is 18.0. The van der Waals surface area contributed by atoms with Gasteiger partial charge >= 0.3 is 17.7 Å². The normalized spacial score (nSPS) is 16.8. The number of rotatable bonds is 5. The van der Waals surface area contributed by atoms with Crippen LogP contribution in [0.25, 0.3) is 0 Å². The Morgan fingerprint density at radius 2 is 2.12 bits per heavy atom. The Kier molecular flexibility index (Phi) is 5.11. The van der Waals surface area contributed by atoms with Crippen LogP contribution in [-0.4, -0.2) is 35.7 Å². The Hall–Kier alpha value is -3.30. The highest BCUT2D eigenvalue weighted by Crippen LogP contribution is 2.40. The monoisotopic (exact) mass is 351 g/mol. The number of carbonyl (C=O) groups is 2. The molecule has 1 heterocycles. The van der Waals surface area contributed by atoms with Crippen molar-refractivity contribution in [2.45, 2.75) is 19.9 Å². The van der Waals surface area contributed by atoms with E-state index in [9.17, 15) is 24.8 Å². The van der Waals surface area contributed by atoms with Gasteiger partial charge in [-0.2, -0.15) is 0 Å². The van der Waals surface area contributed by atoms with Gasteiger partial charge in [-0.3, -0.25) is 10.1 Å². The van der Waals surface area contributed by atoms with Crippen molar-refractivity contribution in [3.05, 3.63) is 39.1 Å². The van der Waals surface area contributed by atoms with E-state index in [2.05, 4.69) is 10.6 Å². The van der Waals surface area contributed by atoms with E-state index in [4.69, 9.17) is 9.47 Å². The summed E-state index contributed by atoms with van der Waals surface area (Å²) in [7, 11) is 1.23. The lowest BCUT2D eigenvalue weighted by Gasteiger charge is -2.28. The van der Waals surface area contributed by atoms with Crippen LogP contribution >= 0.6 is 0 Å². The molecule has 1 aliphatic rings. The number of urea groups is 1. The molecule has 2 amide bonds. The Bertz CT molecular complexity index is 773. The van der Waals surface area contributed by atoms with E-state index in [-0.39, 0.29) is 29.2 Å². The summed E-state index contributed by atoms with van der Waals surface area (Å²) < 4.78 is 9.94. The third-order valence-corrected chi connectivity index (χ3v) is 3.59. The van der Waals surface area contributed by atoms with Gasteiger partial charge in [0.25, 0.3) is 0 Å². The molecule has 1 unspecified atom stereocenters. The van der Waals surface area contributed by atoms with E-state index in [0.717, 1.165) is 6.07 Å². The van der Waals surface area contributed by atoms with Crippen molar-refractivity contribution in [1.29, 1.82) is 0 Å². The highest BCUT2D eigenvalue weighted by Gasteiger charge is 2.34. The molecule has 25 heavy (non-hydrogen) atoms. The fourth-order valence-electron chi connectivity index (χ4n) is 2.50. The van der Waals surface area contributed by atoms with Crippen molar-refractivity contribution in [3.63, 3.8) is 0 Å². The minimum absolute atomic E-state index is 0.100. The molecule has 3 N–H and O–H groups in total. The van der Waals surface area contributed by atoms with Crippen LogP contribution in [0.3, 0.4) is 0 Å². The average Bonchev–Trinajstić information content (AvgIpc) is 2.54. The molecule has 0 saturated carbocycles. The molecule has 2 rings (SSSR count). The molecule has 10 heteroatoms. The van der Waals surface area contributed by atoms with Crippen LogP contribution < -0.4 is 15.4 Å². The van der Waals surface area contributed by atoms with Crippen LogP contribution in [-0.2, 0) is 9.53 Å². The summed E-state index contributed by atoms with van der Waals surface area (Å²) in [6.07, 6.45) is 0. The zero-order chi connectivity index (χ0) is 18.7. The minimum atomic E-state index is -0.999. The molecule has 10 nitrogen and oxygen atoms in total. The lowest BCUT2D eigenvalue weighted by molar-refractivity contribution is -0.386. The maximum Gasteiger partial charge on any atom is 0.338 e. The summed E-state index contributed by atoms with van der Waals surface area (Å²) in [5, 5.41) is 26.0. The van der Waals surface area contributed by atoms with E-state index in [1.54, 1.807) is 6.92 Å². The number of phenolic OH excluding ortho intramolecular Hbond substituents is 1.